The Morgan fingerprint density at radius 2 is 1.86 bits per heavy atom. The minimum Gasteiger partial charge on any atom is -0.506 e. The predicted octanol–water partition coefficient (Wildman–Crippen LogP) is 4.58. The fraction of sp³-hybridized carbons (Fsp3) is 0.222. The molecule has 0 fully saturated rings. The first-order valence-corrected chi connectivity index (χ1v) is 7.31. The van der Waals surface area contributed by atoms with Crippen molar-refractivity contribution in [3.05, 3.63) is 63.2 Å². The quantitative estimate of drug-likeness (QED) is 0.844. The van der Waals surface area contributed by atoms with E-state index in [9.17, 15) is 15.2 Å². The van der Waals surface area contributed by atoms with Gasteiger partial charge in [-0.25, -0.2) is 0 Å². The van der Waals surface area contributed by atoms with E-state index in [2.05, 4.69) is 0 Å². The van der Waals surface area contributed by atoms with Crippen molar-refractivity contribution in [1.82, 2.24) is 0 Å². The third-order valence-corrected chi connectivity index (χ3v) is 3.93. The number of rotatable bonds is 3. The molecule has 0 aliphatic carbocycles. The molecule has 112 valence electrons. The molecular formula is C18H16ClNO2. The lowest BCUT2D eigenvalue weighted by Crippen LogP contribution is -2.07. The van der Waals surface area contributed by atoms with Crippen LogP contribution in [0.3, 0.4) is 0 Å². The summed E-state index contributed by atoms with van der Waals surface area (Å²) in [6, 6.07) is 10.3. The second-order valence-electron chi connectivity index (χ2n) is 5.46. The van der Waals surface area contributed by atoms with Crippen molar-refractivity contribution in [3.8, 4) is 11.8 Å². The molecule has 0 aliphatic rings. The highest BCUT2D eigenvalue weighted by Gasteiger charge is 2.21. The van der Waals surface area contributed by atoms with Crippen molar-refractivity contribution in [2.45, 2.75) is 26.7 Å². The van der Waals surface area contributed by atoms with Crippen LogP contribution >= 0.6 is 11.6 Å². The van der Waals surface area contributed by atoms with Crippen molar-refractivity contribution < 1.29 is 9.90 Å². The highest BCUT2D eigenvalue weighted by molar-refractivity contribution is 6.30. The fourth-order valence-electron chi connectivity index (χ4n) is 2.36. The summed E-state index contributed by atoms with van der Waals surface area (Å²) < 4.78 is 0. The number of nitriles is 1. The maximum Gasteiger partial charge on any atom is 0.193 e. The van der Waals surface area contributed by atoms with Crippen molar-refractivity contribution in [3.63, 3.8) is 0 Å². The van der Waals surface area contributed by atoms with E-state index in [4.69, 9.17) is 11.6 Å². The molecule has 0 aromatic heterocycles. The number of phenols is 1. The van der Waals surface area contributed by atoms with Crippen LogP contribution in [-0.2, 0) is 0 Å². The van der Waals surface area contributed by atoms with E-state index < -0.39 is 0 Å². The van der Waals surface area contributed by atoms with E-state index in [0.29, 0.717) is 27.3 Å². The molecule has 0 radical (unpaired) electrons. The molecule has 0 bridgehead atoms. The number of hydrogen-bond acceptors (Lipinski definition) is 3. The molecule has 2 rings (SSSR count). The first kappa shape index (κ1) is 16.1. The van der Waals surface area contributed by atoms with Gasteiger partial charge in [0.25, 0.3) is 0 Å². The molecule has 0 aliphatic heterocycles. The maximum atomic E-state index is 12.7. The smallest absolute Gasteiger partial charge is 0.193 e. The van der Waals surface area contributed by atoms with E-state index in [-0.39, 0.29) is 23.0 Å². The summed E-state index contributed by atoms with van der Waals surface area (Å²) in [4.78, 5) is 12.7. The average Bonchev–Trinajstić information content (AvgIpc) is 2.47. The summed E-state index contributed by atoms with van der Waals surface area (Å²) >= 11 is 5.84. The lowest BCUT2D eigenvalue weighted by atomic mass is 9.89. The molecular weight excluding hydrogens is 298 g/mol. The number of carbonyl (C=O) groups excluding carboxylic acids is 1. The number of carbonyl (C=O) groups is 1. The molecule has 0 spiro atoms. The van der Waals surface area contributed by atoms with Crippen LogP contribution in [0.15, 0.2) is 30.3 Å². The first-order valence-electron chi connectivity index (χ1n) is 6.93. The van der Waals surface area contributed by atoms with Crippen LogP contribution in [0.5, 0.6) is 5.75 Å². The standard InChI is InChI=1S/C18H16ClNO2/c1-10(2)14-8-15(11(3)16(9-20)18(14)22)17(21)12-4-6-13(19)7-5-12/h4-8,10,22H,1-3H3. The van der Waals surface area contributed by atoms with Gasteiger partial charge >= 0.3 is 0 Å². The van der Waals surface area contributed by atoms with Gasteiger partial charge in [-0.15, -0.1) is 0 Å². The Hall–Kier alpha value is -2.31. The van der Waals surface area contributed by atoms with Crippen molar-refractivity contribution in [1.29, 1.82) is 5.26 Å². The molecule has 3 nitrogen and oxygen atoms in total. The molecule has 0 heterocycles. The molecule has 0 unspecified atom stereocenters. The molecule has 0 atom stereocenters. The van der Waals surface area contributed by atoms with Gasteiger partial charge in [-0.1, -0.05) is 25.4 Å². The summed E-state index contributed by atoms with van der Waals surface area (Å²) in [6.45, 7) is 5.48. The van der Waals surface area contributed by atoms with E-state index in [1.165, 1.54) is 0 Å². The van der Waals surface area contributed by atoms with Gasteiger partial charge in [0, 0.05) is 16.1 Å². The largest absolute Gasteiger partial charge is 0.506 e. The van der Waals surface area contributed by atoms with Crippen LogP contribution in [0, 0.1) is 18.3 Å². The molecule has 0 saturated heterocycles. The van der Waals surface area contributed by atoms with Crippen LogP contribution in [-0.4, -0.2) is 10.9 Å². The van der Waals surface area contributed by atoms with Gasteiger partial charge < -0.3 is 5.11 Å². The predicted molar refractivity (Wildman–Crippen MR) is 86.5 cm³/mol. The van der Waals surface area contributed by atoms with Crippen LogP contribution in [0.1, 0.15) is 52.4 Å². The number of phenolic OH excluding ortho intramolecular Hbond substituents is 1. The molecule has 22 heavy (non-hydrogen) atoms. The summed E-state index contributed by atoms with van der Waals surface area (Å²) in [5.74, 6) is -0.223. The number of ketones is 1. The highest BCUT2D eigenvalue weighted by atomic mass is 35.5. The van der Waals surface area contributed by atoms with Gasteiger partial charge in [0.1, 0.15) is 11.8 Å². The monoisotopic (exact) mass is 313 g/mol. The number of nitrogens with zero attached hydrogens (tertiary/aromatic N) is 1. The van der Waals surface area contributed by atoms with E-state index >= 15 is 0 Å². The number of benzene rings is 2. The van der Waals surface area contributed by atoms with Crippen molar-refractivity contribution in [2.24, 2.45) is 0 Å². The van der Waals surface area contributed by atoms with Crippen molar-refractivity contribution in [2.75, 3.05) is 0 Å². The van der Waals surface area contributed by atoms with Gasteiger partial charge in [-0.2, -0.15) is 5.26 Å². The number of aromatic hydroxyl groups is 1. The minimum absolute atomic E-state index is 0.00414. The topological polar surface area (TPSA) is 61.1 Å². The molecule has 1 N–H and O–H groups in total. The SMILES string of the molecule is Cc1c(C(=O)c2ccc(Cl)cc2)cc(C(C)C)c(O)c1C#N. The Morgan fingerprint density at radius 3 is 2.36 bits per heavy atom. The summed E-state index contributed by atoms with van der Waals surface area (Å²) in [5.41, 5.74) is 2.17. The number of halogens is 1. The van der Waals surface area contributed by atoms with E-state index in [0.717, 1.165) is 0 Å². The Balaban J connectivity index is 2.65. The number of hydrogen-bond donors (Lipinski definition) is 1. The van der Waals surface area contributed by atoms with E-state index in [1.54, 1.807) is 37.3 Å². The van der Waals surface area contributed by atoms with Crippen LogP contribution in [0.2, 0.25) is 5.02 Å². The second-order valence-corrected chi connectivity index (χ2v) is 5.90. The zero-order valence-electron chi connectivity index (χ0n) is 12.6. The van der Waals surface area contributed by atoms with Gasteiger partial charge in [0.15, 0.2) is 5.78 Å². The van der Waals surface area contributed by atoms with Gasteiger partial charge in [0.05, 0.1) is 5.56 Å². The molecule has 2 aromatic carbocycles. The highest BCUT2D eigenvalue weighted by Crippen LogP contribution is 2.34. The molecule has 0 saturated carbocycles. The summed E-state index contributed by atoms with van der Waals surface area (Å²) in [5, 5.41) is 20.0. The van der Waals surface area contributed by atoms with Crippen LogP contribution in [0.25, 0.3) is 0 Å². The normalized spacial score (nSPS) is 10.5. The lowest BCUT2D eigenvalue weighted by Gasteiger charge is -2.15. The van der Waals surface area contributed by atoms with Gasteiger partial charge in [-0.3, -0.25) is 4.79 Å². The average molecular weight is 314 g/mol. The van der Waals surface area contributed by atoms with E-state index in [1.807, 2.05) is 19.9 Å². The van der Waals surface area contributed by atoms with Gasteiger partial charge in [-0.05, 0) is 54.3 Å². The van der Waals surface area contributed by atoms with Crippen LogP contribution in [0.4, 0.5) is 0 Å². The maximum absolute atomic E-state index is 12.7. The zero-order chi connectivity index (χ0) is 16.4. The Kier molecular flexibility index (Phi) is 4.54. The third kappa shape index (κ3) is 2.84. The fourth-order valence-corrected chi connectivity index (χ4v) is 2.48. The summed E-state index contributed by atoms with van der Waals surface area (Å²) in [7, 11) is 0. The molecule has 4 heteroatoms. The second kappa shape index (κ2) is 6.21. The Labute approximate surface area is 134 Å². The minimum atomic E-state index is -0.187. The molecule has 0 amide bonds. The van der Waals surface area contributed by atoms with Gasteiger partial charge in [0.2, 0.25) is 0 Å². The lowest BCUT2D eigenvalue weighted by molar-refractivity contribution is 0.103. The Morgan fingerprint density at radius 1 is 1.27 bits per heavy atom. The first-order chi connectivity index (χ1) is 10.4. The zero-order valence-corrected chi connectivity index (χ0v) is 13.4. The third-order valence-electron chi connectivity index (χ3n) is 3.67. The Bertz CT molecular complexity index is 771. The van der Waals surface area contributed by atoms with Crippen molar-refractivity contribution >= 4 is 17.4 Å². The molecule has 2 aromatic rings. The van der Waals surface area contributed by atoms with Crippen LogP contribution < -0.4 is 0 Å². The summed E-state index contributed by atoms with van der Waals surface area (Å²) in [6.07, 6.45) is 0.